The number of hydrogen-bond donors (Lipinski definition) is 2. The highest BCUT2D eigenvalue weighted by Crippen LogP contribution is 2.40. The number of pyridine rings is 1. The number of hydrogen-bond acceptors (Lipinski definition) is 4. The zero-order valence-corrected chi connectivity index (χ0v) is 19.6. The first-order chi connectivity index (χ1) is 15.1. The molecule has 6 nitrogen and oxygen atoms in total. The first-order valence-corrected chi connectivity index (χ1v) is 10.6. The molecule has 2 aromatic heterocycles. The van der Waals surface area contributed by atoms with Crippen LogP contribution in [0.25, 0.3) is 10.9 Å². The van der Waals surface area contributed by atoms with E-state index in [0.717, 1.165) is 25.1 Å². The van der Waals surface area contributed by atoms with Gasteiger partial charge in [0, 0.05) is 22.2 Å². The van der Waals surface area contributed by atoms with Crippen LogP contribution in [0.5, 0.6) is 0 Å². The van der Waals surface area contributed by atoms with Crippen molar-refractivity contribution in [2.45, 2.75) is 71.3 Å². The fraction of sp³-hybridized carbons (Fsp3) is 0.458. The monoisotopic (exact) mass is 462 g/mol. The number of nitrogens with zero attached hydrogens (tertiary/aromatic N) is 3. The lowest BCUT2D eigenvalue weighted by Crippen LogP contribution is -2.37. The van der Waals surface area contributed by atoms with Gasteiger partial charge in [0.2, 0.25) is 0 Å². The zero-order chi connectivity index (χ0) is 24.8. The van der Waals surface area contributed by atoms with Crippen LogP contribution in [-0.2, 0) is 12.0 Å². The average molecular weight is 463 g/mol. The van der Waals surface area contributed by atoms with Gasteiger partial charge < -0.3 is 10.4 Å². The van der Waals surface area contributed by atoms with E-state index >= 15 is 0 Å². The van der Waals surface area contributed by atoms with Crippen molar-refractivity contribution >= 4 is 16.8 Å². The third-order valence-electron chi connectivity index (χ3n) is 5.79. The maximum absolute atomic E-state index is 13.4. The van der Waals surface area contributed by atoms with E-state index < -0.39 is 17.2 Å². The second-order valence-electron chi connectivity index (χ2n) is 9.58. The van der Waals surface area contributed by atoms with E-state index in [4.69, 9.17) is 0 Å². The number of nitrogens with one attached hydrogen (secondary N) is 1. The fourth-order valence-electron chi connectivity index (χ4n) is 3.53. The maximum atomic E-state index is 13.4. The number of alkyl halides is 3. The summed E-state index contributed by atoms with van der Waals surface area (Å²) in [6.07, 6.45) is -2.76. The predicted molar refractivity (Wildman–Crippen MR) is 120 cm³/mol. The SMILES string of the molecule is Cc1c(C(C)NC(=O)c2ccc3nc(C(C)(C)C(F)(F)F)ccc3c2)cnn1CC(C)(C)O. The van der Waals surface area contributed by atoms with Gasteiger partial charge in [-0.15, -0.1) is 0 Å². The number of carbonyl (C=O) groups excluding carboxylic acids is 1. The van der Waals surface area contributed by atoms with E-state index in [1.807, 2.05) is 13.8 Å². The van der Waals surface area contributed by atoms with Crippen LogP contribution in [0.1, 0.15) is 68.0 Å². The summed E-state index contributed by atoms with van der Waals surface area (Å²) in [7, 11) is 0. The van der Waals surface area contributed by atoms with E-state index in [0.29, 0.717) is 23.0 Å². The Morgan fingerprint density at radius 3 is 2.42 bits per heavy atom. The summed E-state index contributed by atoms with van der Waals surface area (Å²) in [5, 5.41) is 17.8. The van der Waals surface area contributed by atoms with Crippen LogP contribution in [0.15, 0.2) is 36.5 Å². The van der Waals surface area contributed by atoms with Crippen LogP contribution < -0.4 is 5.32 Å². The Hall–Kier alpha value is -2.94. The van der Waals surface area contributed by atoms with Crippen molar-refractivity contribution in [1.82, 2.24) is 20.1 Å². The minimum Gasteiger partial charge on any atom is -0.389 e. The number of benzene rings is 1. The van der Waals surface area contributed by atoms with Crippen molar-refractivity contribution in [3.05, 3.63) is 59.0 Å². The molecule has 3 rings (SSSR count). The van der Waals surface area contributed by atoms with Gasteiger partial charge in [-0.3, -0.25) is 14.5 Å². The van der Waals surface area contributed by atoms with Crippen molar-refractivity contribution < 1.29 is 23.1 Å². The Balaban J connectivity index is 1.80. The van der Waals surface area contributed by atoms with Crippen molar-refractivity contribution in [3.8, 4) is 0 Å². The first kappa shape index (κ1) is 24.7. The van der Waals surface area contributed by atoms with Crippen LogP contribution in [0.4, 0.5) is 13.2 Å². The van der Waals surface area contributed by atoms with Crippen LogP contribution in [0.2, 0.25) is 0 Å². The quantitative estimate of drug-likeness (QED) is 0.549. The van der Waals surface area contributed by atoms with Crippen LogP contribution in [0.3, 0.4) is 0 Å². The van der Waals surface area contributed by atoms with Crippen LogP contribution in [0, 0.1) is 6.92 Å². The largest absolute Gasteiger partial charge is 0.399 e. The molecule has 0 radical (unpaired) electrons. The fourth-order valence-corrected chi connectivity index (χ4v) is 3.53. The van der Waals surface area contributed by atoms with Gasteiger partial charge in [-0.1, -0.05) is 6.07 Å². The molecule has 1 atom stereocenters. The number of fused-ring (bicyclic) bond motifs is 1. The number of aromatic nitrogens is 3. The molecule has 0 aliphatic carbocycles. The summed E-state index contributed by atoms with van der Waals surface area (Å²) in [5.41, 5.74) is -0.651. The van der Waals surface area contributed by atoms with Crippen molar-refractivity contribution in [3.63, 3.8) is 0 Å². The van der Waals surface area contributed by atoms with Crippen LogP contribution in [-0.4, -0.2) is 37.6 Å². The molecule has 1 unspecified atom stereocenters. The van der Waals surface area contributed by atoms with Crippen molar-refractivity contribution in [1.29, 1.82) is 0 Å². The molecule has 178 valence electrons. The van der Waals surface area contributed by atoms with E-state index in [-0.39, 0.29) is 17.6 Å². The van der Waals surface area contributed by atoms with Gasteiger partial charge in [0.1, 0.15) is 5.41 Å². The number of halogens is 3. The first-order valence-electron chi connectivity index (χ1n) is 10.6. The normalized spacial score (nSPS) is 13.9. The third kappa shape index (κ3) is 5.19. The second kappa shape index (κ2) is 8.44. The molecule has 9 heteroatoms. The minimum atomic E-state index is -4.43. The highest BCUT2D eigenvalue weighted by atomic mass is 19.4. The lowest BCUT2D eigenvalue weighted by molar-refractivity contribution is -0.181. The number of aliphatic hydroxyl groups is 1. The average Bonchev–Trinajstić information content (AvgIpc) is 3.04. The lowest BCUT2D eigenvalue weighted by atomic mass is 9.87. The van der Waals surface area contributed by atoms with Gasteiger partial charge in [0.25, 0.3) is 5.91 Å². The van der Waals surface area contributed by atoms with E-state index in [2.05, 4.69) is 15.4 Å². The van der Waals surface area contributed by atoms with Crippen molar-refractivity contribution in [2.24, 2.45) is 0 Å². The van der Waals surface area contributed by atoms with Gasteiger partial charge in [-0.2, -0.15) is 18.3 Å². The van der Waals surface area contributed by atoms with E-state index in [1.165, 1.54) is 6.07 Å². The molecule has 0 aliphatic rings. The molecule has 1 amide bonds. The standard InChI is InChI=1S/C24H29F3N4O2/c1-14(18-12-28-31(15(18)2)13-22(3,4)33)29-21(32)17-7-9-19-16(11-17)8-10-20(30-19)23(5,6)24(25,26)27/h7-12,14,33H,13H2,1-6H3,(H,29,32). The molecule has 0 saturated carbocycles. The Morgan fingerprint density at radius 2 is 1.82 bits per heavy atom. The second-order valence-corrected chi connectivity index (χ2v) is 9.58. The summed E-state index contributed by atoms with van der Waals surface area (Å²) >= 11 is 0. The molecule has 0 fully saturated rings. The highest BCUT2D eigenvalue weighted by molar-refractivity contribution is 5.98. The highest BCUT2D eigenvalue weighted by Gasteiger charge is 2.49. The molecule has 2 N–H and O–H groups in total. The molecular weight excluding hydrogens is 433 g/mol. The number of amides is 1. The molecule has 1 aromatic carbocycles. The molecule has 0 bridgehead atoms. The van der Waals surface area contributed by atoms with Crippen LogP contribution >= 0.6 is 0 Å². The summed E-state index contributed by atoms with van der Waals surface area (Å²) in [6, 6.07) is 7.27. The summed E-state index contributed by atoms with van der Waals surface area (Å²) < 4.78 is 41.7. The molecule has 2 heterocycles. The molecule has 3 aromatic rings. The topological polar surface area (TPSA) is 80.0 Å². The summed E-state index contributed by atoms with van der Waals surface area (Å²) in [5.74, 6) is -0.321. The van der Waals surface area contributed by atoms with Crippen molar-refractivity contribution in [2.75, 3.05) is 0 Å². The van der Waals surface area contributed by atoms with E-state index in [1.54, 1.807) is 49.0 Å². The Labute approximate surface area is 190 Å². The Morgan fingerprint density at radius 1 is 1.15 bits per heavy atom. The Kier molecular flexibility index (Phi) is 6.32. The molecule has 33 heavy (non-hydrogen) atoms. The van der Waals surface area contributed by atoms with E-state index in [9.17, 15) is 23.1 Å². The number of carbonyl (C=O) groups is 1. The predicted octanol–water partition coefficient (Wildman–Crippen LogP) is 4.84. The lowest BCUT2D eigenvalue weighted by Gasteiger charge is -2.27. The summed E-state index contributed by atoms with van der Waals surface area (Å²) in [6.45, 7) is 9.61. The molecule has 0 aliphatic heterocycles. The molecule has 0 saturated heterocycles. The maximum Gasteiger partial charge on any atom is 0.399 e. The molecule has 0 spiro atoms. The van der Waals surface area contributed by atoms with Gasteiger partial charge in [-0.05, 0) is 65.8 Å². The summed E-state index contributed by atoms with van der Waals surface area (Å²) in [4.78, 5) is 17.0. The van der Waals surface area contributed by atoms with Gasteiger partial charge in [0.15, 0.2) is 0 Å². The van der Waals surface area contributed by atoms with Gasteiger partial charge in [-0.25, -0.2) is 0 Å². The molecular formula is C24H29F3N4O2. The number of rotatable bonds is 6. The Bertz CT molecular complexity index is 1180. The minimum absolute atomic E-state index is 0.0770. The van der Waals surface area contributed by atoms with Gasteiger partial charge >= 0.3 is 6.18 Å². The third-order valence-corrected chi connectivity index (χ3v) is 5.79. The van der Waals surface area contributed by atoms with Gasteiger partial charge in [0.05, 0.1) is 35.6 Å². The smallest absolute Gasteiger partial charge is 0.389 e. The zero-order valence-electron chi connectivity index (χ0n) is 19.6.